The van der Waals surface area contributed by atoms with Gasteiger partial charge in [0.1, 0.15) is 11.3 Å². The molecule has 0 aliphatic heterocycles. The van der Waals surface area contributed by atoms with Gasteiger partial charge in [-0.25, -0.2) is 4.79 Å². The van der Waals surface area contributed by atoms with E-state index in [0.29, 0.717) is 6.42 Å². The van der Waals surface area contributed by atoms with E-state index >= 15 is 0 Å². The van der Waals surface area contributed by atoms with Gasteiger partial charge in [0.2, 0.25) is 0 Å². The monoisotopic (exact) mass is 332 g/mol. The number of hydrogen-bond donors (Lipinski definition) is 2. The second-order valence-electron chi connectivity index (χ2n) is 6.39. The number of aromatic carboxylic acids is 1. The van der Waals surface area contributed by atoms with Crippen LogP contribution in [0.5, 0.6) is 5.75 Å². The maximum Gasteiger partial charge on any atom is 0.339 e. The number of unbranched alkanes of at least 4 members (excludes halogenated alkanes) is 8. The Morgan fingerprint density at radius 3 is 2.25 bits per heavy atom. The summed E-state index contributed by atoms with van der Waals surface area (Å²) < 4.78 is 0. The zero-order chi connectivity index (χ0) is 17.6. The summed E-state index contributed by atoms with van der Waals surface area (Å²) in [5.74, 6) is -1.18. The highest BCUT2D eigenvalue weighted by Crippen LogP contribution is 2.23. The van der Waals surface area contributed by atoms with Crippen LogP contribution in [-0.2, 0) is 6.42 Å². The lowest BCUT2D eigenvalue weighted by molar-refractivity contribution is 0.0692. The maximum absolute atomic E-state index is 11.2. The molecular formula is C21H32O3. The number of carbonyl (C=O) groups is 1. The first-order valence-corrected chi connectivity index (χ1v) is 9.36. The molecule has 0 unspecified atom stereocenters. The zero-order valence-corrected chi connectivity index (χ0v) is 15.0. The van der Waals surface area contributed by atoms with Crippen LogP contribution in [-0.4, -0.2) is 16.2 Å². The molecule has 1 aromatic rings. The first-order valence-electron chi connectivity index (χ1n) is 9.36. The lowest BCUT2D eigenvalue weighted by Gasteiger charge is -2.07. The minimum Gasteiger partial charge on any atom is -0.507 e. The number of phenols is 1. The molecule has 0 amide bonds. The van der Waals surface area contributed by atoms with E-state index in [9.17, 15) is 15.0 Å². The van der Waals surface area contributed by atoms with Crippen LogP contribution in [0.1, 0.15) is 87.1 Å². The molecule has 24 heavy (non-hydrogen) atoms. The summed E-state index contributed by atoms with van der Waals surface area (Å²) in [6.45, 7) is 2.23. The Hall–Kier alpha value is -1.77. The van der Waals surface area contributed by atoms with Crippen molar-refractivity contribution in [2.75, 3.05) is 0 Å². The molecule has 0 aliphatic rings. The Balaban J connectivity index is 2.11. The number of allylic oxidation sites excluding steroid dienone is 2. The molecule has 0 radical (unpaired) electrons. The van der Waals surface area contributed by atoms with Crippen LogP contribution in [0.4, 0.5) is 0 Å². The van der Waals surface area contributed by atoms with Crippen LogP contribution in [0.25, 0.3) is 0 Å². The van der Waals surface area contributed by atoms with Crippen molar-refractivity contribution in [1.29, 1.82) is 0 Å². The van der Waals surface area contributed by atoms with Gasteiger partial charge in [0.25, 0.3) is 0 Å². The van der Waals surface area contributed by atoms with E-state index < -0.39 is 5.97 Å². The molecule has 134 valence electrons. The van der Waals surface area contributed by atoms with Crippen LogP contribution in [0.3, 0.4) is 0 Å². The number of aromatic hydroxyl groups is 1. The molecule has 0 aromatic heterocycles. The molecule has 0 fully saturated rings. The Morgan fingerprint density at radius 1 is 0.958 bits per heavy atom. The third-order valence-electron chi connectivity index (χ3n) is 4.30. The van der Waals surface area contributed by atoms with Crippen molar-refractivity contribution < 1.29 is 15.0 Å². The molecule has 1 aromatic carbocycles. The van der Waals surface area contributed by atoms with Crippen molar-refractivity contribution in [3.63, 3.8) is 0 Å². The minimum atomic E-state index is -1.05. The normalized spacial score (nSPS) is 11.2. The van der Waals surface area contributed by atoms with Crippen LogP contribution in [0, 0.1) is 0 Å². The number of carboxylic acid groups (broad SMARTS) is 1. The van der Waals surface area contributed by atoms with E-state index in [2.05, 4.69) is 19.1 Å². The standard InChI is InChI=1S/C21H32O3/c1-2-3-4-5-6-7-8-9-10-11-12-13-15-18-16-14-17-19(22)20(18)21(23)24/h6-7,14,16-17,22H,2-5,8-13,15H2,1H3,(H,23,24)/b7-6-. The van der Waals surface area contributed by atoms with Gasteiger partial charge in [-0.05, 0) is 50.2 Å². The predicted octanol–water partition coefficient (Wildman–Crippen LogP) is 6.11. The van der Waals surface area contributed by atoms with Gasteiger partial charge in [0.05, 0.1) is 0 Å². The number of aryl methyl sites for hydroxylation is 1. The van der Waals surface area contributed by atoms with Crippen molar-refractivity contribution >= 4 is 5.97 Å². The minimum absolute atomic E-state index is 0.0608. The molecule has 0 spiro atoms. The Labute approximate surface area is 146 Å². The Bertz CT molecular complexity index is 506. The van der Waals surface area contributed by atoms with Gasteiger partial charge in [-0.1, -0.05) is 63.3 Å². The molecule has 0 aliphatic carbocycles. The highest BCUT2D eigenvalue weighted by molar-refractivity contribution is 5.92. The average molecular weight is 332 g/mol. The fourth-order valence-electron chi connectivity index (χ4n) is 2.90. The summed E-state index contributed by atoms with van der Waals surface area (Å²) in [7, 11) is 0. The average Bonchev–Trinajstić information content (AvgIpc) is 2.55. The van der Waals surface area contributed by atoms with Crippen molar-refractivity contribution in [2.45, 2.75) is 77.6 Å². The molecule has 0 atom stereocenters. The van der Waals surface area contributed by atoms with Crippen LogP contribution < -0.4 is 0 Å². The van der Waals surface area contributed by atoms with Crippen molar-refractivity contribution in [3.05, 3.63) is 41.5 Å². The topological polar surface area (TPSA) is 57.5 Å². The van der Waals surface area contributed by atoms with E-state index in [1.54, 1.807) is 12.1 Å². The van der Waals surface area contributed by atoms with E-state index in [-0.39, 0.29) is 11.3 Å². The van der Waals surface area contributed by atoms with E-state index in [4.69, 9.17) is 0 Å². The summed E-state index contributed by atoms with van der Waals surface area (Å²) >= 11 is 0. The summed E-state index contributed by atoms with van der Waals surface area (Å²) in [6.07, 6.45) is 17.3. The number of benzene rings is 1. The fourth-order valence-corrected chi connectivity index (χ4v) is 2.90. The summed E-state index contributed by atoms with van der Waals surface area (Å²) in [5, 5.41) is 18.8. The van der Waals surface area contributed by atoms with Crippen molar-refractivity contribution in [1.82, 2.24) is 0 Å². The number of hydrogen-bond acceptors (Lipinski definition) is 2. The highest BCUT2D eigenvalue weighted by atomic mass is 16.4. The maximum atomic E-state index is 11.2. The van der Waals surface area contributed by atoms with E-state index in [0.717, 1.165) is 18.4 Å². The fraction of sp³-hybridized carbons (Fsp3) is 0.571. The molecule has 3 nitrogen and oxygen atoms in total. The van der Waals surface area contributed by atoms with Gasteiger partial charge < -0.3 is 10.2 Å². The Morgan fingerprint density at radius 2 is 1.58 bits per heavy atom. The van der Waals surface area contributed by atoms with Crippen molar-refractivity contribution in [2.24, 2.45) is 0 Å². The van der Waals surface area contributed by atoms with E-state index in [1.807, 2.05) is 0 Å². The summed E-state index contributed by atoms with van der Waals surface area (Å²) in [4.78, 5) is 11.2. The molecule has 3 heteroatoms. The number of carboxylic acids is 1. The van der Waals surface area contributed by atoms with Crippen LogP contribution in [0.2, 0.25) is 0 Å². The molecule has 0 heterocycles. The van der Waals surface area contributed by atoms with Gasteiger partial charge in [-0.15, -0.1) is 0 Å². The smallest absolute Gasteiger partial charge is 0.339 e. The lowest BCUT2D eigenvalue weighted by atomic mass is 9.99. The molecule has 0 bridgehead atoms. The van der Waals surface area contributed by atoms with Crippen LogP contribution >= 0.6 is 0 Å². The van der Waals surface area contributed by atoms with Crippen molar-refractivity contribution in [3.8, 4) is 5.75 Å². The van der Waals surface area contributed by atoms with Gasteiger partial charge in [0, 0.05) is 0 Å². The quantitative estimate of drug-likeness (QED) is 0.338. The zero-order valence-electron chi connectivity index (χ0n) is 15.0. The first-order chi connectivity index (χ1) is 11.7. The number of rotatable bonds is 13. The molecular weight excluding hydrogens is 300 g/mol. The summed E-state index contributed by atoms with van der Waals surface area (Å²) in [6, 6.07) is 4.94. The third kappa shape index (κ3) is 8.19. The second kappa shape index (κ2) is 12.6. The molecule has 2 N–H and O–H groups in total. The molecule has 0 saturated carbocycles. The molecule has 1 rings (SSSR count). The largest absolute Gasteiger partial charge is 0.507 e. The van der Waals surface area contributed by atoms with Crippen LogP contribution in [0.15, 0.2) is 30.4 Å². The second-order valence-corrected chi connectivity index (χ2v) is 6.39. The summed E-state index contributed by atoms with van der Waals surface area (Å²) in [5.41, 5.74) is 0.795. The first kappa shape index (κ1) is 20.3. The van der Waals surface area contributed by atoms with Gasteiger partial charge >= 0.3 is 5.97 Å². The molecule has 0 saturated heterocycles. The lowest BCUT2D eigenvalue weighted by Crippen LogP contribution is -2.03. The predicted molar refractivity (Wildman–Crippen MR) is 99.8 cm³/mol. The van der Waals surface area contributed by atoms with Gasteiger partial charge in [-0.2, -0.15) is 0 Å². The van der Waals surface area contributed by atoms with Gasteiger partial charge in [0.15, 0.2) is 0 Å². The van der Waals surface area contributed by atoms with E-state index in [1.165, 1.54) is 57.4 Å². The SMILES string of the molecule is CCCCC/C=C\CCCCCCCc1cccc(O)c1C(=O)O. The third-order valence-corrected chi connectivity index (χ3v) is 4.30. The highest BCUT2D eigenvalue weighted by Gasteiger charge is 2.14. The Kier molecular flexibility index (Phi) is 10.7. The van der Waals surface area contributed by atoms with Gasteiger partial charge in [-0.3, -0.25) is 0 Å².